The highest BCUT2D eigenvalue weighted by Gasteiger charge is 2.26. The van der Waals surface area contributed by atoms with E-state index in [0.29, 0.717) is 54.8 Å². The Hall–Kier alpha value is -2.84. The van der Waals surface area contributed by atoms with Gasteiger partial charge in [-0.3, -0.25) is 14.9 Å². The molecule has 2 aliphatic heterocycles. The SMILES string of the molecule is O=C(c1ccc(OCC2CCCO2)cc1)N1CCN(c2ccc(Cl)cc2[N+](=O)[O-])CC1. The number of piperazine rings is 1. The number of rotatable bonds is 6. The van der Waals surface area contributed by atoms with Crippen LogP contribution in [0, 0.1) is 10.1 Å². The molecule has 0 spiro atoms. The Balaban J connectivity index is 1.33. The van der Waals surface area contributed by atoms with Crippen molar-refractivity contribution in [2.45, 2.75) is 18.9 Å². The molecule has 2 aromatic rings. The fourth-order valence-corrected chi connectivity index (χ4v) is 4.07. The van der Waals surface area contributed by atoms with E-state index in [1.54, 1.807) is 41.3 Å². The maximum atomic E-state index is 12.9. The molecule has 2 saturated heterocycles. The van der Waals surface area contributed by atoms with Crippen molar-refractivity contribution in [1.29, 1.82) is 0 Å². The van der Waals surface area contributed by atoms with E-state index >= 15 is 0 Å². The first-order chi connectivity index (χ1) is 15.0. The van der Waals surface area contributed by atoms with Gasteiger partial charge in [-0.05, 0) is 49.2 Å². The Morgan fingerprint density at radius 1 is 1.16 bits per heavy atom. The fraction of sp³-hybridized carbons (Fsp3) is 0.409. The maximum absolute atomic E-state index is 12.9. The third kappa shape index (κ3) is 5.08. The highest BCUT2D eigenvalue weighted by atomic mass is 35.5. The molecule has 164 valence electrons. The summed E-state index contributed by atoms with van der Waals surface area (Å²) < 4.78 is 11.3. The first kappa shape index (κ1) is 21.4. The summed E-state index contributed by atoms with van der Waals surface area (Å²) in [6.45, 7) is 3.30. The molecule has 31 heavy (non-hydrogen) atoms. The lowest BCUT2D eigenvalue weighted by molar-refractivity contribution is -0.384. The smallest absolute Gasteiger partial charge is 0.294 e. The maximum Gasteiger partial charge on any atom is 0.294 e. The quantitative estimate of drug-likeness (QED) is 0.497. The lowest BCUT2D eigenvalue weighted by atomic mass is 10.1. The minimum Gasteiger partial charge on any atom is -0.491 e. The van der Waals surface area contributed by atoms with Gasteiger partial charge in [0.05, 0.1) is 11.0 Å². The van der Waals surface area contributed by atoms with E-state index in [2.05, 4.69) is 0 Å². The molecule has 9 heteroatoms. The van der Waals surface area contributed by atoms with E-state index in [9.17, 15) is 14.9 Å². The zero-order valence-corrected chi connectivity index (χ0v) is 17.8. The Bertz CT molecular complexity index is 939. The number of halogens is 1. The van der Waals surface area contributed by atoms with Crippen LogP contribution < -0.4 is 9.64 Å². The van der Waals surface area contributed by atoms with Crippen LogP contribution in [0.5, 0.6) is 5.75 Å². The van der Waals surface area contributed by atoms with E-state index < -0.39 is 4.92 Å². The molecular weight excluding hydrogens is 422 g/mol. The molecule has 2 fully saturated rings. The summed E-state index contributed by atoms with van der Waals surface area (Å²) in [5, 5.41) is 11.7. The number of anilines is 1. The Morgan fingerprint density at radius 2 is 1.90 bits per heavy atom. The summed E-state index contributed by atoms with van der Waals surface area (Å²) in [5.41, 5.74) is 1.09. The van der Waals surface area contributed by atoms with Gasteiger partial charge in [0.2, 0.25) is 0 Å². The van der Waals surface area contributed by atoms with E-state index in [4.69, 9.17) is 21.1 Å². The average molecular weight is 446 g/mol. The lowest BCUT2D eigenvalue weighted by Gasteiger charge is -2.35. The van der Waals surface area contributed by atoms with Crippen molar-refractivity contribution in [1.82, 2.24) is 4.90 Å². The van der Waals surface area contributed by atoms with E-state index in [1.807, 2.05) is 4.90 Å². The Kier molecular flexibility index (Phi) is 6.58. The second-order valence-electron chi connectivity index (χ2n) is 7.64. The molecule has 1 amide bonds. The standard InChI is InChI=1S/C22H24ClN3O5/c23-17-5-8-20(21(14-17)26(28)29)24-9-11-25(12-10-24)22(27)16-3-6-18(7-4-16)31-15-19-2-1-13-30-19/h3-8,14,19H,1-2,9-13,15H2. The lowest BCUT2D eigenvalue weighted by Crippen LogP contribution is -2.48. The highest BCUT2D eigenvalue weighted by molar-refractivity contribution is 6.30. The van der Waals surface area contributed by atoms with Crippen LogP contribution in [0.1, 0.15) is 23.2 Å². The molecule has 1 unspecified atom stereocenters. The summed E-state index contributed by atoms with van der Waals surface area (Å²) in [5.74, 6) is 0.655. The van der Waals surface area contributed by atoms with Crippen LogP contribution in [0.25, 0.3) is 0 Å². The molecule has 8 nitrogen and oxygen atoms in total. The van der Waals surface area contributed by atoms with Gasteiger partial charge in [0.1, 0.15) is 18.0 Å². The number of benzene rings is 2. The van der Waals surface area contributed by atoms with Crippen LogP contribution in [0.15, 0.2) is 42.5 Å². The van der Waals surface area contributed by atoms with Crippen LogP contribution in [0.4, 0.5) is 11.4 Å². The molecule has 0 aromatic heterocycles. The monoisotopic (exact) mass is 445 g/mol. The van der Waals surface area contributed by atoms with Crippen molar-refractivity contribution in [3.05, 3.63) is 63.2 Å². The minimum atomic E-state index is -0.429. The molecule has 0 bridgehead atoms. The number of amides is 1. The van der Waals surface area contributed by atoms with Crippen molar-refractivity contribution in [3.8, 4) is 5.75 Å². The molecule has 0 radical (unpaired) electrons. The molecule has 0 aliphatic carbocycles. The molecule has 2 aliphatic rings. The second-order valence-corrected chi connectivity index (χ2v) is 8.08. The van der Waals surface area contributed by atoms with Crippen molar-refractivity contribution < 1.29 is 19.2 Å². The van der Waals surface area contributed by atoms with Crippen molar-refractivity contribution >= 4 is 28.9 Å². The van der Waals surface area contributed by atoms with Gasteiger partial charge >= 0.3 is 0 Å². The molecule has 0 saturated carbocycles. The van der Waals surface area contributed by atoms with E-state index in [-0.39, 0.29) is 17.7 Å². The number of hydrogen-bond acceptors (Lipinski definition) is 6. The van der Waals surface area contributed by atoms with Crippen LogP contribution >= 0.6 is 11.6 Å². The number of nitrogens with zero attached hydrogens (tertiary/aromatic N) is 3. The van der Waals surface area contributed by atoms with Crippen LogP contribution in [-0.4, -0.2) is 61.2 Å². The van der Waals surface area contributed by atoms with Gasteiger partial charge in [0.25, 0.3) is 11.6 Å². The number of carbonyl (C=O) groups excluding carboxylic acids is 1. The molecule has 1 atom stereocenters. The van der Waals surface area contributed by atoms with Gasteiger partial charge in [-0.15, -0.1) is 0 Å². The van der Waals surface area contributed by atoms with Gasteiger partial charge < -0.3 is 19.3 Å². The molecular formula is C22H24ClN3O5. The summed E-state index contributed by atoms with van der Waals surface area (Å²) in [6, 6.07) is 11.8. The third-order valence-electron chi connectivity index (χ3n) is 5.60. The number of carbonyl (C=O) groups is 1. The van der Waals surface area contributed by atoms with E-state index in [1.165, 1.54) is 6.07 Å². The molecule has 4 rings (SSSR count). The molecule has 2 heterocycles. The predicted molar refractivity (Wildman–Crippen MR) is 117 cm³/mol. The first-order valence-electron chi connectivity index (χ1n) is 10.3. The third-order valence-corrected chi connectivity index (χ3v) is 5.84. The largest absolute Gasteiger partial charge is 0.491 e. The second kappa shape index (κ2) is 9.53. The summed E-state index contributed by atoms with van der Waals surface area (Å²) in [4.78, 5) is 27.5. The zero-order chi connectivity index (χ0) is 21.8. The van der Waals surface area contributed by atoms with Crippen LogP contribution in [0.3, 0.4) is 0 Å². The number of ether oxygens (including phenoxy) is 2. The molecule has 2 aromatic carbocycles. The minimum absolute atomic E-state index is 0.0223. The van der Waals surface area contributed by atoms with Gasteiger partial charge in [0.15, 0.2) is 0 Å². The van der Waals surface area contributed by atoms with Crippen molar-refractivity contribution in [3.63, 3.8) is 0 Å². The van der Waals surface area contributed by atoms with E-state index in [0.717, 1.165) is 19.4 Å². The highest BCUT2D eigenvalue weighted by Crippen LogP contribution is 2.31. The zero-order valence-electron chi connectivity index (χ0n) is 17.0. The fourth-order valence-electron chi connectivity index (χ4n) is 3.90. The number of hydrogen-bond donors (Lipinski definition) is 0. The predicted octanol–water partition coefficient (Wildman–Crippen LogP) is 3.77. The van der Waals surface area contributed by atoms with Gasteiger partial charge in [0, 0.05) is 49.4 Å². The summed E-state index contributed by atoms with van der Waals surface area (Å²) in [7, 11) is 0. The number of nitro benzene ring substituents is 1. The topological polar surface area (TPSA) is 85.2 Å². The van der Waals surface area contributed by atoms with Crippen molar-refractivity contribution in [2.75, 3.05) is 44.3 Å². The average Bonchev–Trinajstić information content (AvgIpc) is 3.31. The normalized spacial score (nSPS) is 18.8. The molecule has 0 N–H and O–H groups in total. The first-order valence-corrected chi connectivity index (χ1v) is 10.7. The summed E-state index contributed by atoms with van der Waals surface area (Å²) in [6.07, 6.45) is 2.23. The summed E-state index contributed by atoms with van der Waals surface area (Å²) >= 11 is 5.91. The Morgan fingerprint density at radius 3 is 2.55 bits per heavy atom. The van der Waals surface area contributed by atoms with Crippen molar-refractivity contribution in [2.24, 2.45) is 0 Å². The van der Waals surface area contributed by atoms with Crippen LogP contribution in [0.2, 0.25) is 5.02 Å². The van der Waals surface area contributed by atoms with Gasteiger partial charge in [-0.25, -0.2) is 0 Å². The Labute approximate surface area is 185 Å². The number of nitro groups is 1. The van der Waals surface area contributed by atoms with Gasteiger partial charge in [-0.2, -0.15) is 0 Å². The van der Waals surface area contributed by atoms with Gasteiger partial charge in [-0.1, -0.05) is 11.6 Å². The van der Waals surface area contributed by atoms with Crippen LogP contribution in [-0.2, 0) is 4.74 Å².